The molecule has 3 aliphatic rings. The van der Waals surface area contributed by atoms with E-state index < -0.39 is 35.5 Å². The van der Waals surface area contributed by atoms with Crippen LogP contribution in [0, 0.1) is 5.82 Å². The van der Waals surface area contributed by atoms with Crippen LogP contribution in [0.15, 0.2) is 36.4 Å². The highest BCUT2D eigenvalue weighted by molar-refractivity contribution is 6.25. The lowest BCUT2D eigenvalue weighted by Crippen LogP contribution is -2.54. The lowest BCUT2D eigenvalue weighted by molar-refractivity contribution is -0.136. The number of likely N-dealkylation sites (tertiary alicyclic amines) is 1. The van der Waals surface area contributed by atoms with E-state index >= 15 is 0 Å². The number of nitrogens with one attached hydrogen (secondary N) is 2. The molecule has 0 saturated carbocycles. The highest BCUT2D eigenvalue weighted by atomic mass is 19.1. The average Bonchev–Trinajstić information content (AvgIpc) is 3.12. The summed E-state index contributed by atoms with van der Waals surface area (Å²) in [6, 6.07) is 8.02. The average molecular weight is 495 g/mol. The van der Waals surface area contributed by atoms with Crippen LogP contribution in [0.3, 0.4) is 0 Å². The van der Waals surface area contributed by atoms with Crippen LogP contribution in [0.5, 0.6) is 5.75 Å². The van der Waals surface area contributed by atoms with Gasteiger partial charge in [0, 0.05) is 19.0 Å². The molecule has 3 aliphatic heterocycles. The smallest absolute Gasteiger partial charge is 0.264 e. The number of carbonyl (C=O) groups is 4. The maximum Gasteiger partial charge on any atom is 0.264 e. The van der Waals surface area contributed by atoms with Crippen LogP contribution in [0.1, 0.15) is 52.8 Å². The molecule has 2 N–H and O–H groups in total. The van der Waals surface area contributed by atoms with E-state index in [4.69, 9.17) is 4.74 Å². The number of fused-ring (bicyclic) bond motifs is 1. The molecule has 36 heavy (non-hydrogen) atoms. The Morgan fingerprint density at radius 1 is 1.00 bits per heavy atom. The standard InChI is InChI=1S/C26H27FN4O5/c27-18-15-16(36-14-13-30-11-2-1-3-12-30)7-8-19(18)28-20-6-4-5-17-23(20)26(35)31(25(17)34)21-9-10-22(32)29-24(21)33/h4-8,15,21,28H,1-3,9-14H2,(H,29,32,33). The van der Waals surface area contributed by atoms with Gasteiger partial charge in [-0.3, -0.25) is 34.3 Å². The van der Waals surface area contributed by atoms with E-state index in [1.54, 1.807) is 18.2 Å². The van der Waals surface area contributed by atoms with Crippen molar-refractivity contribution in [2.24, 2.45) is 0 Å². The van der Waals surface area contributed by atoms with Crippen LogP contribution in [-0.4, -0.2) is 65.7 Å². The number of imide groups is 2. The van der Waals surface area contributed by atoms with Crippen molar-refractivity contribution in [3.05, 3.63) is 53.3 Å². The molecule has 0 spiro atoms. The van der Waals surface area contributed by atoms with Gasteiger partial charge < -0.3 is 10.1 Å². The Bertz CT molecular complexity index is 1230. The number of amides is 4. The molecule has 2 aromatic rings. The summed E-state index contributed by atoms with van der Waals surface area (Å²) in [7, 11) is 0. The van der Waals surface area contributed by atoms with E-state index in [9.17, 15) is 23.6 Å². The van der Waals surface area contributed by atoms with Crippen molar-refractivity contribution in [1.29, 1.82) is 0 Å². The van der Waals surface area contributed by atoms with Gasteiger partial charge >= 0.3 is 0 Å². The predicted molar refractivity (Wildman–Crippen MR) is 129 cm³/mol. The zero-order valence-corrected chi connectivity index (χ0v) is 19.7. The third-order valence-corrected chi connectivity index (χ3v) is 6.80. The topological polar surface area (TPSA) is 108 Å². The fourth-order valence-electron chi connectivity index (χ4n) is 4.93. The number of halogens is 1. The van der Waals surface area contributed by atoms with Gasteiger partial charge in [-0.25, -0.2) is 4.39 Å². The lowest BCUT2D eigenvalue weighted by Gasteiger charge is -2.27. The summed E-state index contributed by atoms with van der Waals surface area (Å²) < 4.78 is 20.6. The molecular formula is C26H27FN4O5. The molecule has 0 aromatic heterocycles. The normalized spacial score (nSPS) is 20.4. The first kappa shape index (κ1) is 23.9. The molecule has 5 rings (SSSR count). The monoisotopic (exact) mass is 494 g/mol. The SMILES string of the molecule is O=C1CCC(N2C(=O)c3cccc(Nc4ccc(OCCN5CCCCC5)cc4F)c3C2=O)C(=O)N1. The maximum atomic E-state index is 14.9. The van der Waals surface area contributed by atoms with Gasteiger partial charge in [-0.05, 0) is 56.6 Å². The molecule has 0 radical (unpaired) electrons. The quantitative estimate of drug-likeness (QED) is 0.570. The van der Waals surface area contributed by atoms with E-state index in [0.717, 1.165) is 24.5 Å². The van der Waals surface area contributed by atoms with Crippen molar-refractivity contribution in [3.8, 4) is 5.75 Å². The Kier molecular flexibility index (Phi) is 6.69. The molecule has 2 saturated heterocycles. The molecule has 2 aromatic carbocycles. The van der Waals surface area contributed by atoms with E-state index in [0.29, 0.717) is 12.4 Å². The maximum absolute atomic E-state index is 14.9. The van der Waals surface area contributed by atoms with Crippen LogP contribution in [0.4, 0.5) is 15.8 Å². The molecule has 1 atom stereocenters. The van der Waals surface area contributed by atoms with Gasteiger partial charge in [-0.1, -0.05) is 12.5 Å². The molecular weight excluding hydrogens is 467 g/mol. The second kappa shape index (κ2) is 10.1. The number of carbonyl (C=O) groups excluding carboxylic acids is 4. The fourth-order valence-corrected chi connectivity index (χ4v) is 4.93. The summed E-state index contributed by atoms with van der Waals surface area (Å²) in [5.74, 6) is -2.57. The third-order valence-electron chi connectivity index (χ3n) is 6.80. The Balaban J connectivity index is 1.29. The number of hydrogen-bond acceptors (Lipinski definition) is 7. The molecule has 0 bridgehead atoms. The summed E-state index contributed by atoms with van der Waals surface area (Å²) in [6.45, 7) is 3.37. The fraction of sp³-hybridized carbons (Fsp3) is 0.385. The number of rotatable bonds is 7. The molecule has 9 nitrogen and oxygen atoms in total. The first-order chi connectivity index (χ1) is 17.4. The third kappa shape index (κ3) is 4.68. The first-order valence-electron chi connectivity index (χ1n) is 12.2. The van der Waals surface area contributed by atoms with Gasteiger partial charge in [0.1, 0.15) is 24.2 Å². The minimum Gasteiger partial charge on any atom is -0.492 e. The zero-order chi connectivity index (χ0) is 25.2. The van der Waals surface area contributed by atoms with Crippen LogP contribution in [0.25, 0.3) is 0 Å². The van der Waals surface area contributed by atoms with Crippen molar-refractivity contribution in [3.63, 3.8) is 0 Å². The molecule has 10 heteroatoms. The van der Waals surface area contributed by atoms with Gasteiger partial charge in [-0.15, -0.1) is 0 Å². The van der Waals surface area contributed by atoms with Crippen LogP contribution >= 0.6 is 0 Å². The molecule has 0 aliphatic carbocycles. The van der Waals surface area contributed by atoms with Crippen molar-refractivity contribution >= 4 is 35.0 Å². The number of benzene rings is 2. The van der Waals surface area contributed by atoms with Crippen LogP contribution < -0.4 is 15.4 Å². The second-order valence-electron chi connectivity index (χ2n) is 9.19. The number of hydrogen-bond donors (Lipinski definition) is 2. The minimum atomic E-state index is -1.07. The Morgan fingerprint density at radius 2 is 1.81 bits per heavy atom. The molecule has 4 amide bonds. The number of nitrogens with zero attached hydrogens (tertiary/aromatic N) is 2. The van der Waals surface area contributed by atoms with Crippen molar-refractivity contribution in [2.75, 3.05) is 31.6 Å². The summed E-state index contributed by atoms with van der Waals surface area (Å²) in [5, 5.41) is 5.08. The molecule has 3 heterocycles. The lowest BCUT2D eigenvalue weighted by atomic mass is 10.0. The number of ether oxygens (including phenoxy) is 1. The Morgan fingerprint density at radius 3 is 2.56 bits per heavy atom. The van der Waals surface area contributed by atoms with E-state index in [2.05, 4.69) is 15.5 Å². The van der Waals surface area contributed by atoms with Gasteiger partial charge in [0.2, 0.25) is 11.8 Å². The van der Waals surface area contributed by atoms with Gasteiger partial charge in [-0.2, -0.15) is 0 Å². The van der Waals surface area contributed by atoms with E-state index in [1.165, 1.54) is 37.5 Å². The van der Waals surface area contributed by atoms with Crippen LogP contribution in [-0.2, 0) is 9.59 Å². The summed E-state index contributed by atoms with van der Waals surface area (Å²) in [6.07, 6.45) is 3.74. The predicted octanol–water partition coefficient (Wildman–Crippen LogP) is 2.84. The second-order valence-corrected chi connectivity index (χ2v) is 9.19. The minimum absolute atomic E-state index is 0.0343. The van der Waals surface area contributed by atoms with Crippen molar-refractivity contribution in [2.45, 2.75) is 38.1 Å². The van der Waals surface area contributed by atoms with Gasteiger partial charge in [0.05, 0.1) is 22.5 Å². The summed E-state index contributed by atoms with van der Waals surface area (Å²) in [4.78, 5) is 53.2. The number of anilines is 2. The molecule has 1 unspecified atom stereocenters. The highest BCUT2D eigenvalue weighted by Crippen LogP contribution is 2.34. The zero-order valence-electron chi connectivity index (χ0n) is 19.7. The highest BCUT2D eigenvalue weighted by Gasteiger charge is 2.45. The van der Waals surface area contributed by atoms with Gasteiger partial charge in [0.15, 0.2) is 0 Å². The van der Waals surface area contributed by atoms with Crippen molar-refractivity contribution < 1.29 is 28.3 Å². The van der Waals surface area contributed by atoms with Crippen LogP contribution in [0.2, 0.25) is 0 Å². The summed E-state index contributed by atoms with van der Waals surface area (Å²) >= 11 is 0. The summed E-state index contributed by atoms with van der Waals surface area (Å²) in [5.41, 5.74) is 0.547. The number of piperidine rings is 2. The molecule has 2 fully saturated rings. The first-order valence-corrected chi connectivity index (χ1v) is 12.2. The van der Waals surface area contributed by atoms with E-state index in [-0.39, 0.29) is 35.3 Å². The Labute approximate surface area is 207 Å². The van der Waals surface area contributed by atoms with Crippen molar-refractivity contribution in [1.82, 2.24) is 15.1 Å². The largest absolute Gasteiger partial charge is 0.492 e. The molecule has 188 valence electrons. The van der Waals surface area contributed by atoms with E-state index in [1.807, 2.05) is 0 Å². The van der Waals surface area contributed by atoms with Gasteiger partial charge in [0.25, 0.3) is 11.8 Å². The Hall–Kier alpha value is -3.79.